The molecule has 0 fully saturated rings. The maximum Gasteiger partial charge on any atom is 0.221 e. The van der Waals surface area contributed by atoms with Gasteiger partial charge in [0.25, 0.3) is 0 Å². The molecule has 0 aliphatic heterocycles. The van der Waals surface area contributed by atoms with Gasteiger partial charge in [-0.1, -0.05) is 33.1 Å². The summed E-state index contributed by atoms with van der Waals surface area (Å²) >= 11 is 0. The van der Waals surface area contributed by atoms with Crippen LogP contribution in [0.15, 0.2) is 0 Å². The van der Waals surface area contributed by atoms with Crippen LogP contribution in [0.2, 0.25) is 0 Å². The molecule has 1 atom stereocenters. The van der Waals surface area contributed by atoms with Crippen LogP contribution in [0.3, 0.4) is 0 Å². The first kappa shape index (κ1) is 17.4. The van der Waals surface area contributed by atoms with Gasteiger partial charge in [-0.15, -0.1) is 0 Å². The quantitative estimate of drug-likeness (QED) is 0.665. The highest BCUT2D eigenvalue weighted by Crippen LogP contribution is 2.11. The third-order valence-corrected chi connectivity index (χ3v) is 3.14. The van der Waals surface area contributed by atoms with Gasteiger partial charge < -0.3 is 10.6 Å². The van der Waals surface area contributed by atoms with Crippen molar-refractivity contribution in [2.45, 2.75) is 72.3 Å². The normalized spacial score (nSPS) is 13.4. The van der Waals surface area contributed by atoms with Crippen molar-refractivity contribution in [3.63, 3.8) is 0 Å². The van der Waals surface area contributed by atoms with Gasteiger partial charge >= 0.3 is 0 Å². The first-order chi connectivity index (χ1) is 8.39. The first-order valence-electron chi connectivity index (χ1n) is 7.40. The van der Waals surface area contributed by atoms with Crippen molar-refractivity contribution in [3.8, 4) is 0 Å². The van der Waals surface area contributed by atoms with Crippen molar-refractivity contribution >= 4 is 5.91 Å². The average Bonchev–Trinajstić information content (AvgIpc) is 2.27. The molecule has 108 valence electrons. The Morgan fingerprint density at radius 2 is 1.89 bits per heavy atom. The van der Waals surface area contributed by atoms with Crippen LogP contribution in [-0.4, -0.2) is 24.5 Å². The number of unbranched alkanes of at least 4 members (excludes halogenated alkanes) is 1. The molecule has 0 aliphatic carbocycles. The zero-order valence-corrected chi connectivity index (χ0v) is 12.9. The fraction of sp³-hybridized carbons (Fsp3) is 0.933. The average molecular weight is 256 g/mol. The predicted octanol–water partition coefficient (Wildman–Crippen LogP) is 3.10. The first-order valence-corrected chi connectivity index (χ1v) is 7.40. The van der Waals surface area contributed by atoms with E-state index in [4.69, 9.17) is 0 Å². The van der Waals surface area contributed by atoms with E-state index in [9.17, 15) is 4.79 Å². The molecule has 0 aliphatic rings. The van der Waals surface area contributed by atoms with Gasteiger partial charge in [-0.3, -0.25) is 4.79 Å². The molecule has 1 amide bonds. The minimum Gasteiger partial charge on any atom is -0.356 e. The zero-order valence-electron chi connectivity index (χ0n) is 12.9. The molecule has 0 bridgehead atoms. The van der Waals surface area contributed by atoms with E-state index in [1.807, 2.05) is 0 Å². The summed E-state index contributed by atoms with van der Waals surface area (Å²) in [5, 5.41) is 6.38. The molecule has 1 unspecified atom stereocenters. The van der Waals surface area contributed by atoms with Crippen LogP contribution in [0.25, 0.3) is 0 Å². The summed E-state index contributed by atoms with van der Waals surface area (Å²) in [5.41, 5.74) is 0.0906. The van der Waals surface area contributed by atoms with Crippen molar-refractivity contribution in [2.75, 3.05) is 13.1 Å². The molecular formula is C15H32N2O. The van der Waals surface area contributed by atoms with E-state index >= 15 is 0 Å². The van der Waals surface area contributed by atoms with Gasteiger partial charge in [0.05, 0.1) is 0 Å². The second-order valence-corrected chi connectivity index (χ2v) is 6.15. The summed E-state index contributed by atoms with van der Waals surface area (Å²) < 4.78 is 0. The molecule has 0 aromatic heterocycles. The molecule has 3 nitrogen and oxygen atoms in total. The molecule has 0 saturated carbocycles. The van der Waals surface area contributed by atoms with Crippen LogP contribution >= 0.6 is 0 Å². The van der Waals surface area contributed by atoms with Crippen LogP contribution in [0.1, 0.15) is 66.7 Å². The highest BCUT2D eigenvalue weighted by atomic mass is 16.1. The number of nitrogens with one attached hydrogen (secondary N) is 2. The molecular weight excluding hydrogens is 224 g/mol. The van der Waals surface area contributed by atoms with Gasteiger partial charge in [0, 0.05) is 25.0 Å². The number of hydrogen-bond donors (Lipinski definition) is 2. The zero-order chi connectivity index (χ0) is 14.0. The van der Waals surface area contributed by atoms with Crippen LogP contribution in [0, 0.1) is 5.92 Å². The summed E-state index contributed by atoms with van der Waals surface area (Å²) in [7, 11) is 0. The van der Waals surface area contributed by atoms with E-state index in [0.717, 1.165) is 19.5 Å². The van der Waals surface area contributed by atoms with E-state index in [0.29, 0.717) is 12.3 Å². The minimum atomic E-state index is 0.0906. The van der Waals surface area contributed by atoms with Crippen LogP contribution in [0.5, 0.6) is 0 Å². The lowest BCUT2D eigenvalue weighted by molar-refractivity contribution is -0.121. The number of rotatable bonds is 9. The van der Waals surface area contributed by atoms with Gasteiger partial charge in [-0.05, 0) is 33.1 Å². The number of amides is 1. The van der Waals surface area contributed by atoms with Crippen molar-refractivity contribution < 1.29 is 4.79 Å². The molecule has 0 rings (SSSR count). The summed E-state index contributed by atoms with van der Waals surface area (Å²) in [4.78, 5) is 11.7. The second-order valence-electron chi connectivity index (χ2n) is 6.15. The van der Waals surface area contributed by atoms with Crippen LogP contribution in [0.4, 0.5) is 0 Å². The van der Waals surface area contributed by atoms with Gasteiger partial charge in [-0.25, -0.2) is 0 Å². The monoisotopic (exact) mass is 256 g/mol. The summed E-state index contributed by atoms with van der Waals surface area (Å²) in [6.07, 6.45) is 5.45. The minimum absolute atomic E-state index is 0.0906. The summed E-state index contributed by atoms with van der Waals surface area (Å²) in [6, 6.07) is 0. The van der Waals surface area contributed by atoms with Crippen molar-refractivity contribution in [1.29, 1.82) is 0 Å². The lowest BCUT2D eigenvalue weighted by atomic mass is 9.99. The van der Waals surface area contributed by atoms with Gasteiger partial charge in [0.15, 0.2) is 0 Å². The molecule has 0 heterocycles. The largest absolute Gasteiger partial charge is 0.356 e. The van der Waals surface area contributed by atoms with Crippen LogP contribution < -0.4 is 10.6 Å². The third-order valence-electron chi connectivity index (χ3n) is 3.14. The molecule has 2 N–H and O–H groups in total. The number of carbonyl (C=O) groups is 1. The molecule has 0 saturated heterocycles. The Hall–Kier alpha value is -0.570. The number of carbonyl (C=O) groups excluding carboxylic acids is 1. The van der Waals surface area contributed by atoms with Crippen molar-refractivity contribution in [1.82, 2.24) is 10.6 Å². The standard InChI is InChI=1S/C15H32N2O/c1-6-8-9-13(7-2)12-16-14(18)10-11-17-15(3,4)5/h13,17H,6-12H2,1-5H3,(H,16,18). The van der Waals surface area contributed by atoms with E-state index in [1.165, 1.54) is 19.3 Å². The van der Waals surface area contributed by atoms with Gasteiger partial charge in [0.2, 0.25) is 5.91 Å². The van der Waals surface area contributed by atoms with Gasteiger partial charge in [0.1, 0.15) is 0 Å². The Balaban J connectivity index is 3.68. The summed E-state index contributed by atoms with van der Waals surface area (Å²) in [5.74, 6) is 0.811. The smallest absolute Gasteiger partial charge is 0.221 e. The van der Waals surface area contributed by atoms with Crippen molar-refractivity contribution in [2.24, 2.45) is 5.92 Å². The molecule has 0 spiro atoms. The van der Waals surface area contributed by atoms with Crippen molar-refractivity contribution in [3.05, 3.63) is 0 Å². The highest BCUT2D eigenvalue weighted by molar-refractivity contribution is 5.76. The van der Waals surface area contributed by atoms with Crippen LogP contribution in [-0.2, 0) is 4.79 Å². The fourth-order valence-corrected chi connectivity index (χ4v) is 1.84. The maximum atomic E-state index is 11.7. The lowest BCUT2D eigenvalue weighted by Crippen LogP contribution is -2.39. The van der Waals surface area contributed by atoms with Gasteiger partial charge in [-0.2, -0.15) is 0 Å². The molecule has 0 aromatic rings. The van der Waals surface area contributed by atoms with E-state index in [1.54, 1.807) is 0 Å². The highest BCUT2D eigenvalue weighted by Gasteiger charge is 2.11. The number of hydrogen-bond acceptors (Lipinski definition) is 2. The Kier molecular flexibility index (Phi) is 9.08. The Labute approximate surface area is 113 Å². The SMILES string of the molecule is CCCCC(CC)CNC(=O)CCNC(C)(C)C. The second kappa shape index (κ2) is 9.37. The van der Waals surface area contributed by atoms with E-state index < -0.39 is 0 Å². The predicted molar refractivity (Wildman–Crippen MR) is 78.7 cm³/mol. The Bertz CT molecular complexity index is 221. The topological polar surface area (TPSA) is 41.1 Å². The fourth-order valence-electron chi connectivity index (χ4n) is 1.84. The molecule has 0 aromatic carbocycles. The third kappa shape index (κ3) is 10.6. The lowest BCUT2D eigenvalue weighted by Gasteiger charge is -2.20. The molecule has 18 heavy (non-hydrogen) atoms. The van der Waals surface area contributed by atoms with E-state index in [2.05, 4.69) is 45.3 Å². The Morgan fingerprint density at radius 1 is 1.22 bits per heavy atom. The summed E-state index contributed by atoms with van der Waals surface area (Å²) in [6.45, 7) is 12.3. The van der Waals surface area contributed by atoms with E-state index in [-0.39, 0.29) is 11.4 Å². The maximum absolute atomic E-state index is 11.7. The Morgan fingerprint density at radius 3 is 2.39 bits per heavy atom. The molecule has 3 heteroatoms. The molecule has 0 radical (unpaired) electrons.